The minimum atomic E-state index is 0.884. The smallest absolute Gasteiger partial charge is 0.220 e. The van der Waals surface area contributed by atoms with Gasteiger partial charge in [0.15, 0.2) is 0 Å². The van der Waals surface area contributed by atoms with Crippen molar-refractivity contribution in [3.8, 4) is 33.6 Å². The second kappa shape index (κ2) is 13.9. The molecule has 0 radical (unpaired) electrons. The van der Waals surface area contributed by atoms with E-state index in [-0.39, 0.29) is 0 Å². The third-order valence-electron chi connectivity index (χ3n) is 12.4. The Balaban J connectivity index is 0.968. The molecule has 296 valence electrons. The maximum Gasteiger partial charge on any atom is 0.220 e. The van der Waals surface area contributed by atoms with Gasteiger partial charge in [-0.05, 0) is 125 Å². The van der Waals surface area contributed by atoms with E-state index in [0.29, 0.717) is 0 Å². The van der Waals surface area contributed by atoms with Crippen LogP contribution in [0.25, 0.3) is 89.3 Å². The number of hydrogen-bond acceptors (Lipinski definition) is 3. The first-order valence-corrected chi connectivity index (χ1v) is 21.3. The van der Waals surface area contributed by atoms with Crippen LogP contribution in [0, 0.1) is 0 Å². The van der Waals surface area contributed by atoms with Crippen LogP contribution in [-0.2, 0) is 0 Å². The number of aromatic nitrogens is 6. The molecule has 0 aliphatic heterocycles. The Morgan fingerprint density at radius 2 is 0.683 bits per heavy atom. The van der Waals surface area contributed by atoms with Gasteiger partial charge in [-0.1, -0.05) is 121 Å². The van der Waals surface area contributed by atoms with Gasteiger partial charge in [-0.25, -0.2) is 9.97 Å². The first-order chi connectivity index (χ1) is 31.2. The molecule has 0 saturated heterocycles. The zero-order valence-corrected chi connectivity index (χ0v) is 34.0. The van der Waals surface area contributed by atoms with Crippen LogP contribution in [0.5, 0.6) is 0 Å². The molecule has 0 fully saturated rings. The highest BCUT2D eigenvalue weighted by atomic mass is 15.2. The van der Waals surface area contributed by atoms with E-state index in [1.807, 2.05) is 0 Å². The van der Waals surface area contributed by atoms with Crippen LogP contribution >= 0.6 is 0 Å². The van der Waals surface area contributed by atoms with E-state index in [2.05, 4.69) is 247 Å². The molecule has 63 heavy (non-hydrogen) atoms. The zero-order chi connectivity index (χ0) is 41.4. The minimum absolute atomic E-state index is 0.884. The number of hydrogen-bond donors (Lipinski definition) is 0. The van der Waals surface area contributed by atoms with Gasteiger partial charge in [0.1, 0.15) is 0 Å². The van der Waals surface area contributed by atoms with E-state index < -0.39 is 0 Å². The summed E-state index contributed by atoms with van der Waals surface area (Å²) in [6.45, 7) is 0. The van der Waals surface area contributed by atoms with E-state index >= 15 is 0 Å². The number of anilines is 3. The highest BCUT2D eigenvalue weighted by Gasteiger charge is 2.22. The molecular formula is C56H37N7. The Hall–Kier alpha value is -8.68. The van der Waals surface area contributed by atoms with Crippen LogP contribution in [0.4, 0.5) is 17.1 Å². The minimum Gasteiger partial charge on any atom is -0.310 e. The lowest BCUT2D eigenvalue weighted by Gasteiger charge is -2.26. The predicted molar refractivity (Wildman–Crippen MR) is 258 cm³/mol. The average molecular weight is 808 g/mol. The summed E-state index contributed by atoms with van der Waals surface area (Å²) in [5, 5.41) is 0. The van der Waals surface area contributed by atoms with Crippen LogP contribution in [-0.4, -0.2) is 27.9 Å². The second-order valence-electron chi connectivity index (χ2n) is 16.0. The zero-order valence-electron chi connectivity index (χ0n) is 34.0. The highest BCUT2D eigenvalue weighted by Crippen LogP contribution is 2.40. The first-order valence-electron chi connectivity index (χ1n) is 21.3. The van der Waals surface area contributed by atoms with E-state index in [4.69, 9.17) is 9.97 Å². The monoisotopic (exact) mass is 807 g/mol. The summed E-state index contributed by atoms with van der Waals surface area (Å²) in [6.07, 6.45) is 0. The van der Waals surface area contributed by atoms with Crippen LogP contribution in [0.1, 0.15) is 0 Å². The van der Waals surface area contributed by atoms with Gasteiger partial charge in [0.25, 0.3) is 0 Å². The average Bonchev–Trinajstić information content (AvgIpc) is 4.09. The summed E-state index contributed by atoms with van der Waals surface area (Å²) in [6, 6.07) is 79.7. The van der Waals surface area contributed by atoms with Gasteiger partial charge >= 0.3 is 0 Å². The summed E-state index contributed by atoms with van der Waals surface area (Å²) in [5.74, 6) is 1.78. The maximum atomic E-state index is 5.17. The van der Waals surface area contributed by atoms with Crippen molar-refractivity contribution < 1.29 is 0 Å². The number of imidazole rings is 4. The number of rotatable bonds is 7. The van der Waals surface area contributed by atoms with Crippen molar-refractivity contribution in [2.75, 3.05) is 4.90 Å². The van der Waals surface area contributed by atoms with Crippen molar-refractivity contribution in [2.45, 2.75) is 0 Å². The molecule has 0 bridgehead atoms. The fourth-order valence-corrected chi connectivity index (χ4v) is 9.45. The Kier molecular flexibility index (Phi) is 7.77. The molecule has 0 saturated carbocycles. The van der Waals surface area contributed by atoms with E-state index in [1.165, 1.54) is 11.1 Å². The van der Waals surface area contributed by atoms with Crippen molar-refractivity contribution in [3.63, 3.8) is 0 Å². The number of para-hydroxylation sites is 6. The second-order valence-corrected chi connectivity index (χ2v) is 16.0. The molecule has 0 aliphatic rings. The Morgan fingerprint density at radius 3 is 1.22 bits per heavy atom. The molecule has 7 heteroatoms. The van der Waals surface area contributed by atoms with Gasteiger partial charge in [-0.3, -0.25) is 17.9 Å². The first kappa shape index (κ1) is 35.1. The van der Waals surface area contributed by atoms with Gasteiger partial charge < -0.3 is 4.90 Å². The van der Waals surface area contributed by atoms with Gasteiger partial charge in [0.05, 0.1) is 44.1 Å². The lowest BCUT2D eigenvalue weighted by Crippen LogP contribution is -2.10. The molecule has 0 N–H and O–H groups in total. The third-order valence-corrected chi connectivity index (χ3v) is 12.4. The summed E-state index contributed by atoms with van der Waals surface area (Å²) in [7, 11) is 0. The summed E-state index contributed by atoms with van der Waals surface area (Å²) < 4.78 is 9.10. The molecule has 0 spiro atoms. The Bertz CT molecular complexity index is 3820. The number of benzene rings is 9. The quantitative estimate of drug-likeness (QED) is 0.161. The molecule has 0 unspecified atom stereocenters. The van der Waals surface area contributed by atoms with Crippen molar-refractivity contribution >= 4 is 72.8 Å². The Morgan fingerprint density at radius 1 is 0.286 bits per heavy atom. The molecular weight excluding hydrogens is 771 g/mol. The molecule has 13 aromatic rings. The standard InChI is InChI=1S/C56H37N7/c1-4-14-38(15-5-1)39-24-29-44(30-25-39)59(46-33-35-52-54(37-46)63-50-23-13-11-21-48(50)58-56(63)61(52)43-18-8-3-9-19-43)45-31-26-40(27-32-45)41-28-34-51-53(36-41)62-49-22-12-10-20-47(49)57-55(62)60(51)42-16-6-2-7-17-42/h1-37H. The lowest BCUT2D eigenvalue weighted by molar-refractivity contribution is 1.11. The van der Waals surface area contributed by atoms with Gasteiger partial charge in [-0.2, -0.15) is 0 Å². The predicted octanol–water partition coefficient (Wildman–Crippen LogP) is 14.0. The fourth-order valence-electron chi connectivity index (χ4n) is 9.45. The highest BCUT2D eigenvalue weighted by molar-refractivity contribution is 5.96. The van der Waals surface area contributed by atoms with Gasteiger partial charge in [0.2, 0.25) is 11.6 Å². The molecule has 7 nitrogen and oxygen atoms in total. The molecule has 0 amide bonds. The third kappa shape index (κ3) is 5.53. The maximum absolute atomic E-state index is 5.17. The van der Waals surface area contributed by atoms with E-state index in [9.17, 15) is 0 Å². The number of fused-ring (bicyclic) bond motifs is 10. The molecule has 0 aliphatic carbocycles. The largest absolute Gasteiger partial charge is 0.310 e. The van der Waals surface area contributed by atoms with E-state index in [1.54, 1.807) is 0 Å². The molecule has 9 aromatic carbocycles. The number of nitrogens with zero attached hydrogens (tertiary/aromatic N) is 7. The van der Waals surface area contributed by atoms with Crippen LogP contribution < -0.4 is 4.90 Å². The van der Waals surface area contributed by atoms with E-state index in [0.717, 1.165) is 95.3 Å². The molecule has 4 aromatic heterocycles. The van der Waals surface area contributed by atoms with Gasteiger partial charge in [0, 0.05) is 28.4 Å². The lowest BCUT2D eigenvalue weighted by atomic mass is 10.0. The summed E-state index contributed by atoms with van der Waals surface area (Å²) in [4.78, 5) is 12.6. The van der Waals surface area contributed by atoms with Crippen molar-refractivity contribution in [1.29, 1.82) is 0 Å². The SMILES string of the molecule is c1ccc(-c2ccc(N(c3ccc(-c4ccc5c(c4)n4c6ccccc6nc4n5-c4ccccc4)cc3)c3ccc4c(c3)n3c5ccccc5nc3n4-c3ccccc3)cc2)cc1. The molecule has 4 heterocycles. The molecule has 13 rings (SSSR count). The topological polar surface area (TPSA) is 47.7 Å². The van der Waals surface area contributed by atoms with Crippen molar-refractivity contribution in [2.24, 2.45) is 0 Å². The normalized spacial score (nSPS) is 11.8. The summed E-state index contributed by atoms with van der Waals surface area (Å²) >= 11 is 0. The summed E-state index contributed by atoms with van der Waals surface area (Å²) in [5.41, 5.74) is 18.4. The van der Waals surface area contributed by atoms with Crippen LogP contribution in [0.2, 0.25) is 0 Å². The van der Waals surface area contributed by atoms with Crippen molar-refractivity contribution in [3.05, 3.63) is 224 Å². The van der Waals surface area contributed by atoms with Gasteiger partial charge in [-0.15, -0.1) is 0 Å². The van der Waals surface area contributed by atoms with Crippen LogP contribution in [0.3, 0.4) is 0 Å². The molecule has 0 atom stereocenters. The fraction of sp³-hybridized carbons (Fsp3) is 0. The Labute approximate surface area is 362 Å². The van der Waals surface area contributed by atoms with Crippen LogP contribution in [0.15, 0.2) is 224 Å². The van der Waals surface area contributed by atoms with Crippen molar-refractivity contribution in [1.82, 2.24) is 27.9 Å².